The number of ether oxygens (including phenoxy) is 1. The third-order valence-corrected chi connectivity index (χ3v) is 2.51. The number of aromatic nitrogens is 4. The van der Waals surface area contributed by atoms with Gasteiger partial charge in [0.25, 0.3) is 0 Å². The van der Waals surface area contributed by atoms with Crippen LogP contribution < -0.4 is 10.5 Å². The van der Waals surface area contributed by atoms with E-state index >= 15 is 0 Å². The monoisotopic (exact) mass is 233 g/mol. The Labute approximate surface area is 94.8 Å². The van der Waals surface area contributed by atoms with Crippen LogP contribution in [0.3, 0.4) is 0 Å². The Kier molecular flexibility index (Phi) is 1.88. The van der Waals surface area contributed by atoms with E-state index in [0.717, 1.165) is 0 Å². The first-order valence-electron chi connectivity index (χ1n) is 4.83. The maximum absolute atomic E-state index is 13.6. The Morgan fingerprint density at radius 2 is 2.24 bits per heavy atom. The Morgan fingerprint density at radius 1 is 1.41 bits per heavy atom. The number of anilines is 1. The molecular formula is C10H8FN5O. The van der Waals surface area contributed by atoms with Crippen molar-refractivity contribution < 1.29 is 9.13 Å². The van der Waals surface area contributed by atoms with Crippen molar-refractivity contribution in [1.82, 2.24) is 19.6 Å². The number of hydrogen-bond acceptors (Lipinski definition) is 5. The second-order valence-electron chi connectivity index (χ2n) is 3.47. The number of hydrogen-bond donors (Lipinski definition) is 1. The number of fused-ring (bicyclic) bond motifs is 3. The average Bonchev–Trinajstić information content (AvgIpc) is 2.79. The molecule has 3 rings (SSSR count). The van der Waals surface area contributed by atoms with Crippen molar-refractivity contribution in [2.75, 3.05) is 12.8 Å². The molecule has 0 atom stereocenters. The van der Waals surface area contributed by atoms with E-state index in [9.17, 15) is 4.39 Å². The van der Waals surface area contributed by atoms with Gasteiger partial charge in [-0.1, -0.05) is 0 Å². The zero-order valence-corrected chi connectivity index (χ0v) is 8.88. The first kappa shape index (κ1) is 9.76. The van der Waals surface area contributed by atoms with Crippen LogP contribution in [0.1, 0.15) is 0 Å². The van der Waals surface area contributed by atoms with E-state index in [4.69, 9.17) is 10.5 Å². The standard InChI is InChI=1S/C10H8FN5O/c1-17-8-3-7-5(2-6(8)11)9-13-4-14-16(9)10(12)15-7/h2-4H,1H3,(H2,12,15). The van der Waals surface area contributed by atoms with E-state index in [1.807, 2.05) is 0 Å². The molecule has 0 aliphatic carbocycles. The first-order chi connectivity index (χ1) is 8.20. The van der Waals surface area contributed by atoms with Crippen LogP contribution in [0.15, 0.2) is 18.5 Å². The van der Waals surface area contributed by atoms with Gasteiger partial charge in [-0.05, 0) is 6.07 Å². The average molecular weight is 233 g/mol. The van der Waals surface area contributed by atoms with Crippen molar-refractivity contribution in [3.63, 3.8) is 0 Å². The second kappa shape index (κ2) is 3.27. The smallest absolute Gasteiger partial charge is 0.223 e. The number of methoxy groups -OCH3 is 1. The van der Waals surface area contributed by atoms with Crippen molar-refractivity contribution in [3.05, 3.63) is 24.3 Å². The van der Waals surface area contributed by atoms with Crippen molar-refractivity contribution in [2.45, 2.75) is 0 Å². The lowest BCUT2D eigenvalue weighted by Gasteiger charge is -2.05. The van der Waals surface area contributed by atoms with Gasteiger partial charge in [0.1, 0.15) is 6.33 Å². The predicted octanol–water partition coefficient (Wildman–Crippen LogP) is 1.01. The molecule has 3 aromatic rings. The second-order valence-corrected chi connectivity index (χ2v) is 3.47. The molecule has 6 nitrogen and oxygen atoms in total. The van der Waals surface area contributed by atoms with Crippen molar-refractivity contribution >= 4 is 22.5 Å². The normalized spacial score (nSPS) is 11.2. The Balaban J connectivity index is 2.50. The van der Waals surface area contributed by atoms with Gasteiger partial charge in [-0.25, -0.2) is 14.4 Å². The fourth-order valence-corrected chi connectivity index (χ4v) is 1.73. The number of nitrogen functional groups attached to an aromatic ring is 1. The van der Waals surface area contributed by atoms with Crippen LogP contribution in [0, 0.1) is 5.82 Å². The predicted molar refractivity (Wildman–Crippen MR) is 59.2 cm³/mol. The minimum Gasteiger partial charge on any atom is -0.494 e. The molecule has 0 spiro atoms. The summed E-state index contributed by atoms with van der Waals surface area (Å²) < 4.78 is 19.9. The molecule has 0 aliphatic rings. The number of halogens is 1. The van der Waals surface area contributed by atoms with Crippen LogP contribution >= 0.6 is 0 Å². The molecule has 0 aliphatic heterocycles. The highest BCUT2D eigenvalue weighted by Gasteiger charge is 2.12. The van der Waals surface area contributed by atoms with Gasteiger partial charge in [-0.3, -0.25) is 0 Å². The minimum absolute atomic E-state index is 0.119. The van der Waals surface area contributed by atoms with Gasteiger partial charge in [0.2, 0.25) is 5.95 Å². The summed E-state index contributed by atoms with van der Waals surface area (Å²) in [6.45, 7) is 0. The lowest BCUT2D eigenvalue weighted by atomic mass is 10.2. The van der Waals surface area contributed by atoms with Crippen LogP contribution in [0.4, 0.5) is 10.3 Å². The summed E-state index contributed by atoms with van der Waals surface area (Å²) in [5.74, 6) is -0.164. The topological polar surface area (TPSA) is 78.3 Å². The fourth-order valence-electron chi connectivity index (χ4n) is 1.73. The lowest BCUT2D eigenvalue weighted by Crippen LogP contribution is -2.03. The molecule has 0 amide bonds. The highest BCUT2D eigenvalue weighted by molar-refractivity contribution is 5.93. The summed E-state index contributed by atoms with van der Waals surface area (Å²) in [5.41, 5.74) is 6.69. The molecule has 86 valence electrons. The molecule has 2 aromatic heterocycles. The Bertz CT molecular complexity index is 723. The minimum atomic E-state index is -0.475. The zero-order valence-electron chi connectivity index (χ0n) is 8.88. The SMILES string of the molecule is COc1cc2nc(N)n3ncnc3c2cc1F. The summed E-state index contributed by atoms with van der Waals surface area (Å²) in [6, 6.07) is 2.79. The highest BCUT2D eigenvalue weighted by Crippen LogP contribution is 2.26. The van der Waals surface area contributed by atoms with Crippen LogP contribution in [0.2, 0.25) is 0 Å². The quantitative estimate of drug-likeness (QED) is 0.678. The fraction of sp³-hybridized carbons (Fsp3) is 0.100. The van der Waals surface area contributed by atoms with E-state index in [0.29, 0.717) is 16.6 Å². The number of nitrogens with two attached hydrogens (primary N) is 1. The molecule has 2 heterocycles. The van der Waals surface area contributed by atoms with Gasteiger partial charge < -0.3 is 10.5 Å². The van der Waals surface area contributed by atoms with Gasteiger partial charge in [0.15, 0.2) is 17.2 Å². The van der Waals surface area contributed by atoms with Crippen LogP contribution in [-0.2, 0) is 0 Å². The molecule has 17 heavy (non-hydrogen) atoms. The highest BCUT2D eigenvalue weighted by atomic mass is 19.1. The van der Waals surface area contributed by atoms with Crippen molar-refractivity contribution in [2.24, 2.45) is 0 Å². The molecule has 0 saturated heterocycles. The van der Waals surface area contributed by atoms with E-state index < -0.39 is 5.82 Å². The summed E-state index contributed by atoms with van der Waals surface area (Å²) in [4.78, 5) is 8.15. The number of benzene rings is 1. The molecular weight excluding hydrogens is 225 g/mol. The van der Waals surface area contributed by atoms with E-state index in [2.05, 4.69) is 15.1 Å². The van der Waals surface area contributed by atoms with E-state index in [-0.39, 0.29) is 11.7 Å². The molecule has 0 unspecified atom stereocenters. The Morgan fingerprint density at radius 3 is 3.00 bits per heavy atom. The third kappa shape index (κ3) is 1.28. The molecule has 1 aromatic carbocycles. The zero-order chi connectivity index (χ0) is 12.0. The van der Waals surface area contributed by atoms with Gasteiger partial charge in [-0.15, -0.1) is 0 Å². The van der Waals surface area contributed by atoms with Crippen LogP contribution in [0.25, 0.3) is 16.6 Å². The molecule has 2 N–H and O–H groups in total. The van der Waals surface area contributed by atoms with Gasteiger partial charge in [0.05, 0.1) is 12.6 Å². The molecule has 0 bridgehead atoms. The summed E-state index contributed by atoms with van der Waals surface area (Å²) in [5, 5.41) is 4.44. The van der Waals surface area contributed by atoms with Gasteiger partial charge >= 0.3 is 0 Å². The number of rotatable bonds is 1. The molecule has 0 fully saturated rings. The molecule has 7 heteroatoms. The Hall–Kier alpha value is -2.44. The first-order valence-corrected chi connectivity index (χ1v) is 4.83. The number of nitrogens with zero attached hydrogens (tertiary/aromatic N) is 4. The van der Waals surface area contributed by atoms with Crippen LogP contribution in [0.5, 0.6) is 5.75 Å². The van der Waals surface area contributed by atoms with Crippen LogP contribution in [-0.4, -0.2) is 26.7 Å². The maximum Gasteiger partial charge on any atom is 0.223 e. The summed E-state index contributed by atoms with van der Waals surface area (Å²) >= 11 is 0. The largest absolute Gasteiger partial charge is 0.494 e. The van der Waals surface area contributed by atoms with Crippen molar-refractivity contribution in [3.8, 4) is 5.75 Å². The van der Waals surface area contributed by atoms with Crippen molar-refractivity contribution in [1.29, 1.82) is 0 Å². The van der Waals surface area contributed by atoms with Gasteiger partial charge in [0, 0.05) is 11.5 Å². The third-order valence-electron chi connectivity index (χ3n) is 2.51. The van der Waals surface area contributed by atoms with Gasteiger partial charge in [-0.2, -0.15) is 9.61 Å². The van der Waals surface area contributed by atoms with E-state index in [1.165, 1.54) is 30.1 Å². The summed E-state index contributed by atoms with van der Waals surface area (Å²) in [7, 11) is 1.39. The maximum atomic E-state index is 13.6. The molecule has 0 saturated carbocycles. The summed E-state index contributed by atoms with van der Waals surface area (Å²) in [6.07, 6.45) is 1.34. The molecule has 0 radical (unpaired) electrons. The lowest BCUT2D eigenvalue weighted by molar-refractivity contribution is 0.387. The van der Waals surface area contributed by atoms with E-state index in [1.54, 1.807) is 0 Å².